The second-order valence-electron chi connectivity index (χ2n) is 8.62. The highest BCUT2D eigenvalue weighted by Gasteiger charge is 2.42. The van der Waals surface area contributed by atoms with Crippen molar-refractivity contribution >= 4 is 23.5 Å². The monoisotopic (exact) mass is 456 g/mol. The van der Waals surface area contributed by atoms with Gasteiger partial charge in [-0.1, -0.05) is 66.7 Å². The molecule has 174 valence electrons. The van der Waals surface area contributed by atoms with Crippen LogP contribution in [-0.2, 0) is 4.79 Å². The minimum absolute atomic E-state index is 0.182. The molecule has 0 spiro atoms. The van der Waals surface area contributed by atoms with Crippen LogP contribution in [0, 0.1) is 12.3 Å². The fourth-order valence-corrected chi connectivity index (χ4v) is 4.15. The van der Waals surface area contributed by atoms with E-state index in [-0.39, 0.29) is 25.5 Å². The number of hydrogen-bond acceptors (Lipinski definition) is 4. The summed E-state index contributed by atoms with van der Waals surface area (Å²) in [7, 11) is 0. The summed E-state index contributed by atoms with van der Waals surface area (Å²) in [4.78, 5) is 35.7. The molecule has 2 N–H and O–H groups in total. The van der Waals surface area contributed by atoms with Gasteiger partial charge in [-0.25, -0.2) is 9.78 Å². The van der Waals surface area contributed by atoms with Gasteiger partial charge in [-0.3, -0.25) is 9.79 Å². The second-order valence-corrected chi connectivity index (χ2v) is 8.62. The van der Waals surface area contributed by atoms with E-state index in [1.54, 1.807) is 12.3 Å². The van der Waals surface area contributed by atoms with Gasteiger partial charge in [0.2, 0.25) is 5.91 Å². The third-order valence-electron chi connectivity index (χ3n) is 6.26. The summed E-state index contributed by atoms with van der Waals surface area (Å²) in [6.07, 6.45) is 1.51. The van der Waals surface area contributed by atoms with Crippen LogP contribution < -0.4 is 5.32 Å². The highest BCUT2D eigenvalue weighted by Crippen LogP contribution is 2.34. The van der Waals surface area contributed by atoms with Crippen LogP contribution in [0.25, 0.3) is 0 Å². The Labute approximate surface area is 199 Å². The van der Waals surface area contributed by atoms with Gasteiger partial charge in [0.05, 0.1) is 17.7 Å². The van der Waals surface area contributed by atoms with Gasteiger partial charge in [0.1, 0.15) is 5.82 Å². The molecule has 7 heteroatoms. The van der Waals surface area contributed by atoms with E-state index in [4.69, 9.17) is 4.99 Å². The number of carbonyl (C=O) groups excluding carboxylic acids is 1. The molecule has 7 nitrogen and oxygen atoms in total. The molecule has 4 rings (SSSR count). The molecule has 0 saturated carbocycles. The Balaban J connectivity index is 1.66. The first-order valence-electron chi connectivity index (χ1n) is 11.3. The van der Waals surface area contributed by atoms with Crippen LogP contribution in [0.5, 0.6) is 0 Å². The van der Waals surface area contributed by atoms with E-state index >= 15 is 0 Å². The fraction of sp³-hybridized carbons (Fsp3) is 0.259. The molecule has 0 aliphatic carbocycles. The Kier molecular flexibility index (Phi) is 7.01. The fourth-order valence-electron chi connectivity index (χ4n) is 4.15. The molecule has 2 heterocycles. The number of aliphatic imine (C=N–C) groups is 1. The lowest BCUT2D eigenvalue weighted by molar-refractivity contribution is -0.127. The third-order valence-corrected chi connectivity index (χ3v) is 6.26. The number of likely N-dealkylation sites (tertiary alicyclic amines) is 1. The van der Waals surface area contributed by atoms with Crippen molar-refractivity contribution in [1.29, 1.82) is 0 Å². The second kappa shape index (κ2) is 10.3. The number of aromatic nitrogens is 1. The van der Waals surface area contributed by atoms with Crippen LogP contribution in [0.3, 0.4) is 0 Å². The van der Waals surface area contributed by atoms with Crippen LogP contribution in [0.4, 0.5) is 10.6 Å². The Bertz CT molecular complexity index is 1110. The summed E-state index contributed by atoms with van der Waals surface area (Å²) in [5.41, 5.74) is 2.90. The van der Waals surface area contributed by atoms with Crippen LogP contribution in [0.2, 0.25) is 0 Å². The van der Waals surface area contributed by atoms with Gasteiger partial charge in [-0.15, -0.1) is 0 Å². The Morgan fingerprint density at radius 3 is 2.06 bits per heavy atom. The molecular weight excluding hydrogens is 428 g/mol. The molecule has 0 atom stereocenters. The molecule has 1 fully saturated rings. The number of pyridine rings is 1. The molecule has 2 aromatic carbocycles. The molecule has 34 heavy (non-hydrogen) atoms. The highest BCUT2D eigenvalue weighted by molar-refractivity contribution is 6.13. The summed E-state index contributed by atoms with van der Waals surface area (Å²) < 4.78 is 0. The van der Waals surface area contributed by atoms with Crippen molar-refractivity contribution < 1.29 is 14.7 Å². The average Bonchev–Trinajstić information content (AvgIpc) is 2.87. The number of carboxylic acid groups (broad SMARTS) is 1. The Hall–Kier alpha value is -4.00. The molecule has 1 aliphatic rings. The van der Waals surface area contributed by atoms with Crippen molar-refractivity contribution in [3.8, 4) is 0 Å². The Morgan fingerprint density at radius 2 is 1.56 bits per heavy atom. The molecular formula is C27H28N4O3. The maximum absolute atomic E-state index is 13.6. The zero-order chi connectivity index (χ0) is 24.0. The van der Waals surface area contributed by atoms with Crippen molar-refractivity contribution in [3.05, 3.63) is 95.7 Å². The first kappa shape index (κ1) is 23.2. The van der Waals surface area contributed by atoms with Crippen molar-refractivity contribution in [2.75, 3.05) is 25.0 Å². The molecule has 1 aliphatic heterocycles. The first-order chi connectivity index (χ1) is 16.5. The van der Waals surface area contributed by atoms with Gasteiger partial charge in [0.25, 0.3) is 0 Å². The summed E-state index contributed by atoms with van der Waals surface area (Å²) >= 11 is 0. The number of rotatable bonds is 6. The molecule has 1 saturated heterocycles. The minimum atomic E-state index is -0.966. The van der Waals surface area contributed by atoms with Gasteiger partial charge < -0.3 is 15.3 Å². The number of piperidine rings is 1. The topological polar surface area (TPSA) is 94.9 Å². The van der Waals surface area contributed by atoms with Crippen molar-refractivity contribution in [1.82, 2.24) is 9.88 Å². The van der Waals surface area contributed by atoms with Gasteiger partial charge in [0, 0.05) is 30.4 Å². The first-order valence-corrected chi connectivity index (χ1v) is 11.3. The van der Waals surface area contributed by atoms with E-state index < -0.39 is 11.5 Å². The summed E-state index contributed by atoms with van der Waals surface area (Å²) in [6.45, 7) is 2.75. The zero-order valence-corrected chi connectivity index (χ0v) is 19.1. The number of anilines is 1. The molecule has 2 amide bonds. The number of nitrogens with zero attached hydrogens (tertiary/aromatic N) is 3. The largest absolute Gasteiger partial charge is 0.465 e. The molecule has 1 aromatic heterocycles. The van der Waals surface area contributed by atoms with Crippen molar-refractivity contribution in [2.24, 2.45) is 10.4 Å². The summed E-state index contributed by atoms with van der Waals surface area (Å²) in [6, 6.07) is 23.4. The molecule has 3 aromatic rings. The van der Waals surface area contributed by atoms with E-state index in [9.17, 15) is 14.7 Å². The quantitative estimate of drug-likeness (QED) is 0.529. The average molecular weight is 457 g/mol. The van der Waals surface area contributed by atoms with E-state index in [0.717, 1.165) is 22.4 Å². The van der Waals surface area contributed by atoms with Gasteiger partial charge >= 0.3 is 6.09 Å². The van der Waals surface area contributed by atoms with Gasteiger partial charge in [0.15, 0.2) is 0 Å². The Morgan fingerprint density at radius 1 is 0.971 bits per heavy atom. The minimum Gasteiger partial charge on any atom is -0.465 e. The molecule has 0 bridgehead atoms. The van der Waals surface area contributed by atoms with Crippen molar-refractivity contribution in [2.45, 2.75) is 19.8 Å². The predicted octanol–water partition coefficient (Wildman–Crippen LogP) is 4.63. The lowest BCUT2D eigenvalue weighted by Gasteiger charge is -2.38. The maximum atomic E-state index is 13.6. The number of hydrogen-bond donors (Lipinski definition) is 2. The van der Waals surface area contributed by atoms with Gasteiger partial charge in [-0.05, 0) is 31.4 Å². The summed E-state index contributed by atoms with van der Waals surface area (Å²) in [5.74, 6) is 0.295. The highest BCUT2D eigenvalue weighted by atomic mass is 16.4. The number of amides is 2. The van der Waals surface area contributed by atoms with E-state index in [1.807, 2.05) is 73.7 Å². The predicted molar refractivity (Wildman–Crippen MR) is 132 cm³/mol. The number of aryl methyl sites for hydroxylation is 1. The van der Waals surface area contributed by atoms with Gasteiger partial charge in [-0.2, -0.15) is 0 Å². The van der Waals surface area contributed by atoms with E-state index in [1.165, 1.54) is 4.90 Å². The summed E-state index contributed by atoms with van der Waals surface area (Å²) in [5, 5.41) is 12.4. The molecule has 0 unspecified atom stereocenters. The smallest absolute Gasteiger partial charge is 0.407 e. The van der Waals surface area contributed by atoms with Crippen LogP contribution in [0.1, 0.15) is 29.5 Å². The zero-order valence-electron chi connectivity index (χ0n) is 19.1. The molecule has 0 radical (unpaired) electrons. The third kappa shape index (κ3) is 5.31. The maximum Gasteiger partial charge on any atom is 0.407 e. The number of benzene rings is 2. The standard InChI is InChI=1S/C27H28N4O3/c1-20-12-13-23(28-18-20)30-25(32)27(14-16-31(17-15-27)26(33)34)19-29-24(21-8-4-2-5-9-21)22-10-6-3-7-11-22/h2-13,18H,14-17,19H2,1H3,(H,33,34)(H,28,30,32). The number of nitrogens with one attached hydrogen (secondary N) is 1. The van der Waals surface area contributed by atoms with Crippen LogP contribution >= 0.6 is 0 Å². The lowest BCUT2D eigenvalue weighted by atomic mass is 9.77. The van der Waals surface area contributed by atoms with E-state index in [0.29, 0.717) is 18.7 Å². The normalized spacial score (nSPS) is 14.8. The van der Waals surface area contributed by atoms with Crippen molar-refractivity contribution in [3.63, 3.8) is 0 Å². The SMILES string of the molecule is Cc1ccc(NC(=O)C2(CN=C(c3ccccc3)c3ccccc3)CCN(C(=O)O)CC2)nc1. The lowest BCUT2D eigenvalue weighted by Crippen LogP contribution is -2.49. The number of carbonyl (C=O) groups is 2. The van der Waals surface area contributed by atoms with Crippen LogP contribution in [0.15, 0.2) is 84.0 Å². The van der Waals surface area contributed by atoms with Crippen LogP contribution in [-0.4, -0.2) is 52.3 Å². The van der Waals surface area contributed by atoms with E-state index in [2.05, 4.69) is 10.3 Å².